The van der Waals surface area contributed by atoms with E-state index >= 15 is 0 Å². The van der Waals surface area contributed by atoms with Gasteiger partial charge in [-0.3, -0.25) is 4.79 Å². The fourth-order valence-electron chi connectivity index (χ4n) is 1.76. The van der Waals surface area contributed by atoms with Gasteiger partial charge in [0.2, 0.25) is 0 Å². The first-order chi connectivity index (χ1) is 8.02. The van der Waals surface area contributed by atoms with Crippen LogP contribution in [0.5, 0.6) is 5.75 Å². The second kappa shape index (κ2) is 6.25. The van der Waals surface area contributed by atoms with Crippen LogP contribution in [0.3, 0.4) is 0 Å². The van der Waals surface area contributed by atoms with Crippen molar-refractivity contribution in [2.45, 2.75) is 32.7 Å². The van der Waals surface area contributed by atoms with Crippen LogP contribution in [-0.2, 0) is 11.2 Å². The molecule has 0 saturated heterocycles. The van der Waals surface area contributed by atoms with E-state index in [2.05, 4.69) is 0 Å². The van der Waals surface area contributed by atoms with Crippen molar-refractivity contribution in [3.05, 3.63) is 29.3 Å². The second-order valence-corrected chi connectivity index (χ2v) is 4.09. The number of aryl methyl sites for hydroxylation is 1. The summed E-state index contributed by atoms with van der Waals surface area (Å²) in [4.78, 5) is 10.5. The SMILES string of the molecule is CCOc1ccc(CC(N)CC(=O)O)cc1C. The fraction of sp³-hybridized carbons (Fsp3) is 0.462. The van der Waals surface area contributed by atoms with Crippen molar-refractivity contribution in [3.63, 3.8) is 0 Å². The van der Waals surface area contributed by atoms with E-state index in [1.165, 1.54) is 0 Å². The van der Waals surface area contributed by atoms with Gasteiger partial charge in [-0.15, -0.1) is 0 Å². The molecule has 3 N–H and O–H groups in total. The summed E-state index contributed by atoms with van der Waals surface area (Å²) in [6, 6.07) is 5.48. The molecule has 0 radical (unpaired) electrons. The van der Waals surface area contributed by atoms with Gasteiger partial charge in [0.1, 0.15) is 5.75 Å². The molecule has 94 valence electrons. The Balaban J connectivity index is 2.66. The molecule has 0 heterocycles. The summed E-state index contributed by atoms with van der Waals surface area (Å²) in [5.74, 6) is 0.00298. The highest BCUT2D eigenvalue weighted by molar-refractivity contribution is 5.67. The highest BCUT2D eigenvalue weighted by Gasteiger charge is 2.09. The van der Waals surface area contributed by atoms with E-state index in [0.717, 1.165) is 16.9 Å². The van der Waals surface area contributed by atoms with Gasteiger partial charge in [-0.05, 0) is 37.5 Å². The monoisotopic (exact) mass is 237 g/mol. The largest absolute Gasteiger partial charge is 0.494 e. The molecule has 4 heteroatoms. The van der Waals surface area contributed by atoms with Crippen LogP contribution >= 0.6 is 0 Å². The fourth-order valence-corrected chi connectivity index (χ4v) is 1.76. The van der Waals surface area contributed by atoms with Crippen LogP contribution in [0.15, 0.2) is 18.2 Å². The zero-order valence-electron chi connectivity index (χ0n) is 10.3. The van der Waals surface area contributed by atoms with Gasteiger partial charge in [0.25, 0.3) is 0 Å². The Morgan fingerprint density at radius 2 is 2.24 bits per heavy atom. The van der Waals surface area contributed by atoms with Crippen molar-refractivity contribution < 1.29 is 14.6 Å². The summed E-state index contributed by atoms with van der Waals surface area (Å²) in [6.45, 7) is 4.55. The molecule has 1 rings (SSSR count). The van der Waals surface area contributed by atoms with Gasteiger partial charge in [-0.2, -0.15) is 0 Å². The molecule has 17 heavy (non-hydrogen) atoms. The highest BCUT2D eigenvalue weighted by Crippen LogP contribution is 2.20. The first kappa shape index (κ1) is 13.5. The topological polar surface area (TPSA) is 72.5 Å². The minimum atomic E-state index is -0.861. The number of carbonyl (C=O) groups is 1. The Kier molecular flexibility index (Phi) is 4.97. The van der Waals surface area contributed by atoms with Crippen molar-refractivity contribution >= 4 is 5.97 Å². The van der Waals surface area contributed by atoms with Crippen molar-refractivity contribution in [1.82, 2.24) is 0 Å². The Labute approximate surface area is 101 Å². The molecule has 0 saturated carbocycles. The molecule has 0 amide bonds. The van der Waals surface area contributed by atoms with Crippen LogP contribution in [0.4, 0.5) is 0 Å². The van der Waals surface area contributed by atoms with Crippen LogP contribution < -0.4 is 10.5 Å². The standard InChI is InChI=1S/C13H19NO3/c1-3-17-12-5-4-10(6-9(12)2)7-11(14)8-13(15)16/h4-6,11H,3,7-8,14H2,1-2H3,(H,15,16). The van der Waals surface area contributed by atoms with Crippen LogP contribution in [-0.4, -0.2) is 23.7 Å². The van der Waals surface area contributed by atoms with E-state index in [1.54, 1.807) is 0 Å². The second-order valence-electron chi connectivity index (χ2n) is 4.09. The molecule has 0 aliphatic carbocycles. The predicted molar refractivity (Wildman–Crippen MR) is 66.3 cm³/mol. The predicted octanol–water partition coefficient (Wildman–Crippen LogP) is 1.74. The van der Waals surface area contributed by atoms with Crippen molar-refractivity contribution in [2.75, 3.05) is 6.61 Å². The molecular formula is C13H19NO3. The zero-order chi connectivity index (χ0) is 12.8. The summed E-state index contributed by atoms with van der Waals surface area (Å²) in [5, 5.41) is 8.63. The number of rotatable bonds is 6. The minimum Gasteiger partial charge on any atom is -0.494 e. The lowest BCUT2D eigenvalue weighted by Crippen LogP contribution is -2.26. The zero-order valence-corrected chi connectivity index (χ0v) is 10.3. The average molecular weight is 237 g/mol. The third-order valence-corrected chi connectivity index (χ3v) is 2.47. The van der Waals surface area contributed by atoms with Gasteiger partial charge in [0, 0.05) is 6.04 Å². The van der Waals surface area contributed by atoms with E-state index in [9.17, 15) is 4.79 Å². The number of ether oxygens (including phenoxy) is 1. The van der Waals surface area contributed by atoms with Crippen molar-refractivity contribution in [3.8, 4) is 5.75 Å². The summed E-state index contributed by atoms with van der Waals surface area (Å²) >= 11 is 0. The number of hydrogen-bond donors (Lipinski definition) is 2. The number of benzene rings is 1. The Hall–Kier alpha value is -1.55. The molecular weight excluding hydrogens is 218 g/mol. The number of carboxylic acid groups (broad SMARTS) is 1. The van der Waals surface area contributed by atoms with Gasteiger partial charge < -0.3 is 15.6 Å². The van der Waals surface area contributed by atoms with Crippen molar-refractivity contribution in [1.29, 1.82) is 0 Å². The third kappa shape index (κ3) is 4.44. The Morgan fingerprint density at radius 1 is 1.53 bits per heavy atom. The molecule has 1 unspecified atom stereocenters. The quantitative estimate of drug-likeness (QED) is 0.790. The molecule has 4 nitrogen and oxygen atoms in total. The average Bonchev–Trinajstić information content (AvgIpc) is 2.21. The number of aliphatic carboxylic acids is 1. The number of nitrogens with two attached hydrogens (primary N) is 1. The van der Waals surface area contributed by atoms with Crippen LogP contribution in [0.2, 0.25) is 0 Å². The first-order valence-corrected chi connectivity index (χ1v) is 5.72. The molecule has 1 aromatic rings. The lowest BCUT2D eigenvalue weighted by atomic mass is 10.0. The van der Waals surface area contributed by atoms with Gasteiger partial charge in [0.15, 0.2) is 0 Å². The number of hydrogen-bond acceptors (Lipinski definition) is 3. The highest BCUT2D eigenvalue weighted by atomic mass is 16.5. The van der Waals surface area contributed by atoms with Crippen LogP contribution in [0.1, 0.15) is 24.5 Å². The maximum atomic E-state index is 10.5. The lowest BCUT2D eigenvalue weighted by molar-refractivity contribution is -0.137. The van der Waals surface area contributed by atoms with E-state index < -0.39 is 5.97 Å². The maximum Gasteiger partial charge on any atom is 0.304 e. The van der Waals surface area contributed by atoms with Crippen LogP contribution in [0.25, 0.3) is 0 Å². The van der Waals surface area contributed by atoms with Gasteiger partial charge in [-0.25, -0.2) is 0 Å². The molecule has 0 bridgehead atoms. The van der Waals surface area contributed by atoms with E-state index in [4.69, 9.17) is 15.6 Å². The summed E-state index contributed by atoms with van der Waals surface area (Å²) in [5.41, 5.74) is 7.83. The summed E-state index contributed by atoms with van der Waals surface area (Å²) < 4.78 is 5.44. The van der Waals surface area contributed by atoms with E-state index in [0.29, 0.717) is 13.0 Å². The molecule has 1 aromatic carbocycles. The van der Waals surface area contributed by atoms with E-state index in [-0.39, 0.29) is 12.5 Å². The Morgan fingerprint density at radius 3 is 2.76 bits per heavy atom. The normalized spacial score (nSPS) is 12.2. The number of carboxylic acids is 1. The molecule has 0 aliphatic rings. The molecule has 0 aliphatic heterocycles. The maximum absolute atomic E-state index is 10.5. The third-order valence-electron chi connectivity index (χ3n) is 2.47. The van der Waals surface area contributed by atoms with Crippen molar-refractivity contribution in [2.24, 2.45) is 5.73 Å². The summed E-state index contributed by atoms with van der Waals surface area (Å²) in [7, 11) is 0. The molecule has 1 atom stereocenters. The Bertz CT molecular complexity index is 390. The van der Waals surface area contributed by atoms with Crippen LogP contribution in [0, 0.1) is 6.92 Å². The molecule has 0 aromatic heterocycles. The smallest absolute Gasteiger partial charge is 0.304 e. The first-order valence-electron chi connectivity index (χ1n) is 5.72. The molecule has 0 spiro atoms. The summed E-state index contributed by atoms with van der Waals surface area (Å²) in [6.07, 6.45) is 0.561. The van der Waals surface area contributed by atoms with E-state index in [1.807, 2.05) is 32.0 Å². The minimum absolute atomic E-state index is 0.00768. The lowest BCUT2D eigenvalue weighted by Gasteiger charge is -2.12. The van der Waals surface area contributed by atoms with Gasteiger partial charge in [0.05, 0.1) is 13.0 Å². The van der Waals surface area contributed by atoms with Gasteiger partial charge in [-0.1, -0.05) is 12.1 Å². The molecule has 0 fully saturated rings. The van der Waals surface area contributed by atoms with Gasteiger partial charge >= 0.3 is 5.97 Å².